The molecule has 0 spiro atoms. The van der Waals surface area contributed by atoms with Crippen LogP contribution in [0.15, 0.2) is 91.1 Å². The van der Waals surface area contributed by atoms with Gasteiger partial charge in [-0.1, -0.05) is 86.0 Å². The number of rotatable bonds is 8. The molecule has 0 radical (unpaired) electrons. The van der Waals surface area contributed by atoms with E-state index >= 15 is 0 Å². The summed E-state index contributed by atoms with van der Waals surface area (Å²) in [4.78, 5) is 30.1. The predicted molar refractivity (Wildman–Crippen MR) is 158 cm³/mol. The van der Waals surface area contributed by atoms with Gasteiger partial charge in [0.1, 0.15) is 23.2 Å². The molecule has 0 bridgehead atoms. The summed E-state index contributed by atoms with van der Waals surface area (Å²) in [5.41, 5.74) is 3.68. The highest BCUT2D eigenvalue weighted by Crippen LogP contribution is 2.33. The third-order valence-corrected chi connectivity index (χ3v) is 7.74. The van der Waals surface area contributed by atoms with Crippen molar-refractivity contribution in [3.63, 3.8) is 0 Å². The SMILES string of the molecule is O=C(NC(Cc1ccccc1)C(=O)O)c1ccn2c(NC3CCCCC3)c(-c3ccc4ccccc4c3)nc2c1. The summed E-state index contributed by atoms with van der Waals surface area (Å²) in [5.74, 6) is -0.601. The second kappa shape index (κ2) is 11.2. The molecule has 3 aromatic carbocycles. The van der Waals surface area contributed by atoms with Gasteiger partial charge in [-0.05, 0) is 47.4 Å². The number of amides is 1. The number of pyridine rings is 1. The number of hydrogen-bond donors (Lipinski definition) is 3. The first-order valence-corrected chi connectivity index (χ1v) is 13.9. The molecule has 0 aliphatic heterocycles. The molecule has 2 aromatic heterocycles. The van der Waals surface area contributed by atoms with Crippen LogP contribution in [-0.4, -0.2) is 38.5 Å². The number of nitrogens with zero attached hydrogens (tertiary/aromatic N) is 2. The van der Waals surface area contributed by atoms with Crippen molar-refractivity contribution in [3.8, 4) is 11.3 Å². The summed E-state index contributed by atoms with van der Waals surface area (Å²) in [6.07, 6.45) is 7.96. The minimum atomic E-state index is -1.07. The fourth-order valence-corrected chi connectivity index (χ4v) is 5.59. The van der Waals surface area contributed by atoms with Crippen LogP contribution < -0.4 is 10.6 Å². The van der Waals surface area contributed by atoms with E-state index < -0.39 is 17.9 Å². The normalized spacial score (nSPS) is 14.7. The maximum Gasteiger partial charge on any atom is 0.326 e. The van der Waals surface area contributed by atoms with E-state index in [4.69, 9.17) is 4.98 Å². The Balaban J connectivity index is 1.34. The number of aliphatic carboxylic acids is 1. The van der Waals surface area contributed by atoms with Gasteiger partial charge in [0.2, 0.25) is 0 Å². The van der Waals surface area contributed by atoms with Gasteiger partial charge in [0.15, 0.2) is 0 Å². The van der Waals surface area contributed by atoms with Gasteiger partial charge >= 0.3 is 5.97 Å². The Morgan fingerprint density at radius 1 is 0.900 bits per heavy atom. The van der Waals surface area contributed by atoms with Crippen LogP contribution in [0, 0.1) is 0 Å². The van der Waals surface area contributed by atoms with Gasteiger partial charge < -0.3 is 15.7 Å². The van der Waals surface area contributed by atoms with Gasteiger partial charge in [-0.25, -0.2) is 9.78 Å². The average Bonchev–Trinajstić information content (AvgIpc) is 3.35. The molecule has 1 fully saturated rings. The summed E-state index contributed by atoms with van der Waals surface area (Å²) >= 11 is 0. The van der Waals surface area contributed by atoms with E-state index in [1.54, 1.807) is 12.1 Å². The molecule has 7 heteroatoms. The fourth-order valence-electron chi connectivity index (χ4n) is 5.59. The van der Waals surface area contributed by atoms with Crippen LogP contribution in [-0.2, 0) is 11.2 Å². The number of carboxylic acids is 1. The molecule has 202 valence electrons. The molecule has 6 rings (SSSR count). The number of carboxylic acid groups (broad SMARTS) is 1. The summed E-state index contributed by atoms with van der Waals surface area (Å²) in [7, 11) is 0. The van der Waals surface area contributed by atoms with Gasteiger partial charge in [0, 0.05) is 29.8 Å². The van der Waals surface area contributed by atoms with Crippen LogP contribution in [0.5, 0.6) is 0 Å². The molecule has 1 saturated carbocycles. The lowest BCUT2D eigenvalue weighted by atomic mass is 9.95. The van der Waals surface area contributed by atoms with E-state index in [0.717, 1.165) is 40.9 Å². The van der Waals surface area contributed by atoms with Crippen molar-refractivity contribution in [1.29, 1.82) is 0 Å². The molecule has 1 unspecified atom stereocenters. The van der Waals surface area contributed by atoms with E-state index in [-0.39, 0.29) is 6.42 Å². The monoisotopic (exact) mass is 532 g/mol. The number of carbonyl (C=O) groups is 2. The van der Waals surface area contributed by atoms with E-state index in [0.29, 0.717) is 17.3 Å². The fraction of sp³-hybridized carbons (Fsp3) is 0.242. The Labute approximate surface area is 232 Å². The Kier molecular flexibility index (Phi) is 7.19. The molecule has 0 saturated heterocycles. The van der Waals surface area contributed by atoms with Crippen molar-refractivity contribution in [1.82, 2.24) is 14.7 Å². The quantitative estimate of drug-likeness (QED) is 0.217. The van der Waals surface area contributed by atoms with Crippen molar-refractivity contribution in [2.75, 3.05) is 5.32 Å². The number of benzene rings is 3. The van der Waals surface area contributed by atoms with Crippen LogP contribution in [0.3, 0.4) is 0 Å². The maximum absolute atomic E-state index is 13.2. The van der Waals surface area contributed by atoms with E-state index in [9.17, 15) is 14.7 Å². The molecule has 40 heavy (non-hydrogen) atoms. The lowest BCUT2D eigenvalue weighted by Crippen LogP contribution is -2.42. The van der Waals surface area contributed by atoms with Crippen LogP contribution >= 0.6 is 0 Å². The summed E-state index contributed by atoms with van der Waals surface area (Å²) in [5, 5.41) is 18.5. The third kappa shape index (κ3) is 5.41. The highest BCUT2D eigenvalue weighted by molar-refractivity contribution is 5.98. The first kappa shape index (κ1) is 25.6. The highest BCUT2D eigenvalue weighted by Gasteiger charge is 2.23. The number of imidazole rings is 1. The molecule has 1 aliphatic rings. The van der Waals surface area contributed by atoms with Crippen LogP contribution in [0.2, 0.25) is 0 Å². The Hall–Kier alpha value is -4.65. The van der Waals surface area contributed by atoms with Crippen LogP contribution in [0.1, 0.15) is 48.0 Å². The smallest absolute Gasteiger partial charge is 0.326 e. The molecule has 1 aliphatic carbocycles. The zero-order valence-corrected chi connectivity index (χ0v) is 22.2. The summed E-state index contributed by atoms with van der Waals surface area (Å²) in [6, 6.07) is 26.7. The van der Waals surface area contributed by atoms with Gasteiger partial charge in [0.05, 0.1) is 0 Å². The van der Waals surface area contributed by atoms with Crippen molar-refractivity contribution < 1.29 is 14.7 Å². The number of carbonyl (C=O) groups excluding carboxylic acids is 1. The van der Waals surface area contributed by atoms with Gasteiger partial charge in [-0.3, -0.25) is 9.20 Å². The molecule has 5 aromatic rings. The summed E-state index contributed by atoms with van der Waals surface area (Å²) < 4.78 is 1.99. The Bertz CT molecular complexity index is 1670. The highest BCUT2D eigenvalue weighted by atomic mass is 16.4. The minimum Gasteiger partial charge on any atom is -0.480 e. The van der Waals surface area contributed by atoms with E-state index in [1.807, 2.05) is 53.1 Å². The number of fused-ring (bicyclic) bond motifs is 2. The van der Waals surface area contributed by atoms with Crippen molar-refractivity contribution in [2.45, 2.75) is 50.6 Å². The first-order valence-electron chi connectivity index (χ1n) is 13.9. The zero-order chi connectivity index (χ0) is 27.5. The Morgan fingerprint density at radius 2 is 1.65 bits per heavy atom. The van der Waals surface area contributed by atoms with E-state index in [2.05, 4.69) is 41.0 Å². The maximum atomic E-state index is 13.2. The number of hydrogen-bond acceptors (Lipinski definition) is 4. The largest absolute Gasteiger partial charge is 0.480 e. The van der Waals surface area contributed by atoms with Crippen LogP contribution in [0.4, 0.5) is 5.82 Å². The number of nitrogens with one attached hydrogen (secondary N) is 2. The predicted octanol–water partition coefficient (Wildman–Crippen LogP) is 6.32. The third-order valence-electron chi connectivity index (χ3n) is 7.74. The second-order valence-corrected chi connectivity index (χ2v) is 10.5. The van der Waals surface area contributed by atoms with Gasteiger partial charge in [-0.2, -0.15) is 0 Å². The molecular weight excluding hydrogens is 500 g/mol. The van der Waals surface area contributed by atoms with Crippen LogP contribution in [0.25, 0.3) is 27.7 Å². The summed E-state index contributed by atoms with van der Waals surface area (Å²) in [6.45, 7) is 0. The van der Waals surface area contributed by atoms with Crippen molar-refractivity contribution in [3.05, 3.63) is 102 Å². The standard InChI is InChI=1S/C33H32N4O3/c38-32(35-28(33(39)40)19-22-9-3-1-4-10-22)26-17-18-37-29(21-26)36-30(31(37)34-27-13-5-2-6-14-27)25-16-15-23-11-7-8-12-24(23)20-25/h1,3-4,7-12,15-18,20-21,27-28,34H,2,5-6,13-14,19H2,(H,35,38)(H,39,40). The average molecular weight is 533 g/mol. The van der Waals surface area contributed by atoms with Crippen molar-refractivity contribution >= 4 is 34.1 Å². The Morgan fingerprint density at radius 3 is 2.42 bits per heavy atom. The minimum absolute atomic E-state index is 0.203. The van der Waals surface area contributed by atoms with Gasteiger partial charge in [0.25, 0.3) is 5.91 Å². The zero-order valence-electron chi connectivity index (χ0n) is 22.2. The van der Waals surface area contributed by atoms with Crippen molar-refractivity contribution in [2.24, 2.45) is 0 Å². The molecular formula is C33H32N4O3. The topological polar surface area (TPSA) is 95.7 Å². The molecule has 3 N–H and O–H groups in total. The molecule has 2 heterocycles. The lowest BCUT2D eigenvalue weighted by molar-refractivity contribution is -0.139. The van der Waals surface area contributed by atoms with Gasteiger partial charge in [-0.15, -0.1) is 0 Å². The number of anilines is 1. The lowest BCUT2D eigenvalue weighted by Gasteiger charge is -2.24. The first-order chi connectivity index (χ1) is 19.5. The molecule has 1 amide bonds. The number of aromatic nitrogens is 2. The molecule has 7 nitrogen and oxygen atoms in total. The molecule has 1 atom stereocenters. The second-order valence-electron chi connectivity index (χ2n) is 10.5. The van der Waals surface area contributed by atoms with E-state index in [1.165, 1.54) is 24.6 Å².